The first-order chi connectivity index (χ1) is 11.6. The van der Waals surface area contributed by atoms with Crippen molar-refractivity contribution in [2.75, 3.05) is 6.54 Å². The van der Waals surface area contributed by atoms with Gasteiger partial charge in [0.05, 0.1) is 0 Å². The molecule has 2 amide bonds. The number of fused-ring (bicyclic) bond motifs is 1. The summed E-state index contributed by atoms with van der Waals surface area (Å²) < 4.78 is 0. The maximum atomic E-state index is 12.3. The molecule has 0 aromatic heterocycles. The highest BCUT2D eigenvalue weighted by Gasteiger charge is 2.23. The highest BCUT2D eigenvalue weighted by Crippen LogP contribution is 2.23. The molecule has 1 aliphatic heterocycles. The number of piperidine rings is 1. The second-order valence-corrected chi connectivity index (χ2v) is 6.67. The fraction of sp³-hybridized carbons (Fsp3) is 0.526. The first-order valence-corrected chi connectivity index (χ1v) is 8.85. The molecule has 5 heteroatoms. The second kappa shape index (κ2) is 7.60. The molecule has 0 radical (unpaired) electrons. The van der Waals surface area contributed by atoms with Gasteiger partial charge in [-0.25, -0.2) is 0 Å². The molecular formula is C19H24N2O3. The van der Waals surface area contributed by atoms with E-state index in [1.54, 1.807) is 0 Å². The van der Waals surface area contributed by atoms with E-state index in [0.29, 0.717) is 18.5 Å². The Morgan fingerprint density at radius 3 is 2.67 bits per heavy atom. The average Bonchev–Trinajstić information content (AvgIpc) is 2.61. The predicted molar refractivity (Wildman–Crippen MR) is 90.8 cm³/mol. The third-order valence-corrected chi connectivity index (χ3v) is 4.87. The lowest BCUT2D eigenvalue weighted by Crippen LogP contribution is -2.50. The van der Waals surface area contributed by atoms with Crippen molar-refractivity contribution in [2.45, 2.75) is 57.4 Å². The highest BCUT2D eigenvalue weighted by molar-refractivity contribution is 5.98. The molecule has 2 aliphatic rings. The standard InChI is InChI=1S/C19H24N2O3/c22-17(15-8-7-13-4-1-2-5-14(13)12-15)9-10-18(23)21-16-6-3-11-20-19(16)24/h7-8,12,16H,1-6,9-11H2,(H,20,24)(H,21,23)/t16-/m0/s1. The van der Waals surface area contributed by atoms with Gasteiger partial charge in [-0.15, -0.1) is 0 Å². The first-order valence-electron chi connectivity index (χ1n) is 8.85. The van der Waals surface area contributed by atoms with Gasteiger partial charge in [-0.1, -0.05) is 12.1 Å². The molecule has 1 aromatic carbocycles. The molecule has 0 bridgehead atoms. The SMILES string of the molecule is O=C(CCC(=O)c1ccc2c(c1)CCCC2)N[C@H]1CCCNC1=O. The molecule has 1 heterocycles. The van der Waals surface area contributed by atoms with Gasteiger partial charge in [-0.3, -0.25) is 14.4 Å². The zero-order chi connectivity index (χ0) is 16.9. The highest BCUT2D eigenvalue weighted by atomic mass is 16.2. The normalized spacial score (nSPS) is 20.0. The summed E-state index contributed by atoms with van der Waals surface area (Å²) >= 11 is 0. The first kappa shape index (κ1) is 16.7. The van der Waals surface area contributed by atoms with Crippen LogP contribution in [0.2, 0.25) is 0 Å². The van der Waals surface area contributed by atoms with Crippen LogP contribution in [0, 0.1) is 0 Å². The van der Waals surface area contributed by atoms with Crippen LogP contribution in [0.3, 0.4) is 0 Å². The van der Waals surface area contributed by atoms with Crippen LogP contribution in [0.4, 0.5) is 0 Å². The molecule has 2 N–H and O–H groups in total. The Balaban J connectivity index is 1.51. The van der Waals surface area contributed by atoms with Crippen molar-refractivity contribution in [3.05, 3.63) is 34.9 Å². The lowest BCUT2D eigenvalue weighted by atomic mass is 9.89. The van der Waals surface area contributed by atoms with Gasteiger partial charge in [0.1, 0.15) is 6.04 Å². The molecule has 1 aromatic rings. The molecule has 0 spiro atoms. The maximum absolute atomic E-state index is 12.3. The summed E-state index contributed by atoms with van der Waals surface area (Å²) in [5.41, 5.74) is 3.31. The molecule has 3 rings (SSSR count). The molecule has 24 heavy (non-hydrogen) atoms. The zero-order valence-electron chi connectivity index (χ0n) is 13.9. The van der Waals surface area contributed by atoms with Crippen LogP contribution in [0.25, 0.3) is 0 Å². The third kappa shape index (κ3) is 4.02. The van der Waals surface area contributed by atoms with Gasteiger partial charge in [-0.2, -0.15) is 0 Å². The second-order valence-electron chi connectivity index (χ2n) is 6.67. The number of hydrogen-bond donors (Lipinski definition) is 2. The number of Topliss-reactive ketones (excluding diaryl/α,β-unsaturated/α-hetero) is 1. The number of ketones is 1. The number of rotatable bonds is 5. The summed E-state index contributed by atoms with van der Waals surface area (Å²) in [6, 6.07) is 5.46. The monoisotopic (exact) mass is 328 g/mol. The summed E-state index contributed by atoms with van der Waals surface area (Å²) in [4.78, 5) is 35.9. The molecule has 1 atom stereocenters. The van der Waals surface area contributed by atoms with E-state index in [1.807, 2.05) is 18.2 Å². The van der Waals surface area contributed by atoms with Crippen molar-refractivity contribution < 1.29 is 14.4 Å². The minimum absolute atomic E-state index is 0.00776. The Labute approximate surface area is 142 Å². The molecule has 1 fully saturated rings. The van der Waals surface area contributed by atoms with Crippen LogP contribution >= 0.6 is 0 Å². The molecule has 0 saturated carbocycles. The smallest absolute Gasteiger partial charge is 0.242 e. The Morgan fingerprint density at radius 1 is 1.08 bits per heavy atom. The van der Waals surface area contributed by atoms with Crippen LogP contribution in [-0.2, 0) is 22.4 Å². The fourth-order valence-corrected chi connectivity index (χ4v) is 3.45. The molecule has 128 valence electrons. The number of aryl methyl sites for hydroxylation is 2. The minimum Gasteiger partial charge on any atom is -0.354 e. The predicted octanol–water partition coefficient (Wildman–Crippen LogP) is 1.92. The van der Waals surface area contributed by atoms with E-state index in [-0.39, 0.29) is 30.4 Å². The van der Waals surface area contributed by atoms with Crippen molar-refractivity contribution in [1.29, 1.82) is 0 Å². The van der Waals surface area contributed by atoms with E-state index in [4.69, 9.17) is 0 Å². The van der Waals surface area contributed by atoms with E-state index in [0.717, 1.165) is 19.3 Å². The summed E-state index contributed by atoms with van der Waals surface area (Å²) in [5, 5.41) is 5.46. The number of nitrogens with one attached hydrogen (secondary N) is 2. The van der Waals surface area contributed by atoms with Crippen LogP contribution < -0.4 is 10.6 Å². The summed E-state index contributed by atoms with van der Waals surface area (Å²) in [7, 11) is 0. The number of benzene rings is 1. The van der Waals surface area contributed by atoms with Crippen LogP contribution in [0.15, 0.2) is 18.2 Å². The number of amides is 2. The van der Waals surface area contributed by atoms with Crippen LogP contribution in [-0.4, -0.2) is 30.2 Å². The van der Waals surface area contributed by atoms with E-state index in [1.165, 1.54) is 24.0 Å². The van der Waals surface area contributed by atoms with Gasteiger partial charge in [0.25, 0.3) is 0 Å². The average molecular weight is 328 g/mol. The van der Waals surface area contributed by atoms with E-state index in [9.17, 15) is 14.4 Å². The number of carbonyl (C=O) groups excluding carboxylic acids is 3. The minimum atomic E-state index is -0.454. The van der Waals surface area contributed by atoms with Gasteiger partial charge < -0.3 is 10.6 Å². The third-order valence-electron chi connectivity index (χ3n) is 4.87. The Kier molecular flexibility index (Phi) is 5.28. The van der Waals surface area contributed by atoms with E-state index in [2.05, 4.69) is 10.6 Å². The van der Waals surface area contributed by atoms with Crippen molar-refractivity contribution in [3.8, 4) is 0 Å². The zero-order valence-corrected chi connectivity index (χ0v) is 13.9. The Bertz CT molecular complexity index is 654. The van der Waals surface area contributed by atoms with E-state index < -0.39 is 6.04 Å². The molecule has 1 aliphatic carbocycles. The van der Waals surface area contributed by atoms with Gasteiger partial charge in [0.15, 0.2) is 5.78 Å². The van der Waals surface area contributed by atoms with Crippen molar-refractivity contribution in [3.63, 3.8) is 0 Å². The fourth-order valence-electron chi connectivity index (χ4n) is 3.45. The van der Waals surface area contributed by atoms with Gasteiger partial charge in [0, 0.05) is 24.9 Å². The van der Waals surface area contributed by atoms with E-state index >= 15 is 0 Å². The van der Waals surface area contributed by atoms with Gasteiger partial charge in [-0.05, 0) is 55.7 Å². The quantitative estimate of drug-likeness (QED) is 0.811. The van der Waals surface area contributed by atoms with Crippen molar-refractivity contribution in [2.24, 2.45) is 0 Å². The van der Waals surface area contributed by atoms with Crippen LogP contribution in [0.1, 0.15) is 60.0 Å². The van der Waals surface area contributed by atoms with Crippen molar-refractivity contribution >= 4 is 17.6 Å². The Hall–Kier alpha value is -2.17. The summed E-state index contributed by atoms with van der Waals surface area (Å²) in [5.74, 6) is -0.370. The Morgan fingerprint density at radius 2 is 1.88 bits per heavy atom. The van der Waals surface area contributed by atoms with Crippen molar-refractivity contribution in [1.82, 2.24) is 10.6 Å². The topological polar surface area (TPSA) is 75.3 Å². The van der Waals surface area contributed by atoms with Gasteiger partial charge >= 0.3 is 0 Å². The summed E-state index contributed by atoms with van der Waals surface area (Å²) in [6.07, 6.45) is 6.36. The largest absolute Gasteiger partial charge is 0.354 e. The maximum Gasteiger partial charge on any atom is 0.242 e. The lowest BCUT2D eigenvalue weighted by molar-refractivity contribution is -0.130. The molecule has 5 nitrogen and oxygen atoms in total. The number of carbonyl (C=O) groups is 3. The summed E-state index contributed by atoms with van der Waals surface area (Å²) in [6.45, 7) is 0.669. The molecule has 0 unspecified atom stereocenters. The molecule has 1 saturated heterocycles. The molecular weight excluding hydrogens is 304 g/mol. The van der Waals surface area contributed by atoms with Crippen LogP contribution in [0.5, 0.6) is 0 Å². The van der Waals surface area contributed by atoms with Gasteiger partial charge in [0.2, 0.25) is 11.8 Å². The lowest BCUT2D eigenvalue weighted by Gasteiger charge is -2.22. The number of hydrogen-bond acceptors (Lipinski definition) is 3.